The molecular weight excluding hydrogens is 342 g/mol. The summed E-state index contributed by atoms with van der Waals surface area (Å²) >= 11 is 0. The van der Waals surface area contributed by atoms with Crippen molar-refractivity contribution in [2.24, 2.45) is 0 Å². The number of nitrogens with one attached hydrogen (secondary N) is 1. The molecule has 1 saturated heterocycles. The lowest BCUT2D eigenvalue weighted by atomic mass is 10.1. The van der Waals surface area contributed by atoms with Crippen LogP contribution in [0.5, 0.6) is 11.5 Å². The average molecular weight is 369 g/mol. The summed E-state index contributed by atoms with van der Waals surface area (Å²) < 4.78 is 10.7. The van der Waals surface area contributed by atoms with E-state index in [9.17, 15) is 4.79 Å². The molecule has 27 heavy (non-hydrogen) atoms. The molecule has 0 radical (unpaired) electrons. The van der Waals surface area contributed by atoms with E-state index in [0.717, 1.165) is 49.9 Å². The van der Waals surface area contributed by atoms with Gasteiger partial charge in [0, 0.05) is 38.4 Å². The van der Waals surface area contributed by atoms with Crippen molar-refractivity contribution in [3.05, 3.63) is 54.1 Å². The number of hydrogen-bond acceptors (Lipinski definition) is 5. The van der Waals surface area contributed by atoms with Crippen LogP contribution in [-0.2, 0) is 11.3 Å². The molecule has 1 aliphatic rings. The van der Waals surface area contributed by atoms with Crippen LogP contribution in [0.15, 0.2) is 48.5 Å². The smallest absolute Gasteiger partial charge is 0.238 e. The molecule has 0 aliphatic carbocycles. The van der Waals surface area contributed by atoms with Gasteiger partial charge in [-0.25, -0.2) is 0 Å². The predicted octanol–water partition coefficient (Wildman–Crippen LogP) is 2.46. The summed E-state index contributed by atoms with van der Waals surface area (Å²) in [5.74, 6) is 1.54. The Bertz CT molecular complexity index is 744. The Labute approximate surface area is 160 Å². The zero-order valence-corrected chi connectivity index (χ0v) is 16.0. The number of benzene rings is 2. The largest absolute Gasteiger partial charge is 0.493 e. The van der Waals surface area contributed by atoms with Crippen LogP contribution in [0.2, 0.25) is 0 Å². The maximum absolute atomic E-state index is 12.2. The Morgan fingerprint density at radius 3 is 2.26 bits per heavy atom. The lowest BCUT2D eigenvalue weighted by Gasteiger charge is -2.34. The van der Waals surface area contributed by atoms with Gasteiger partial charge in [0.25, 0.3) is 0 Å². The van der Waals surface area contributed by atoms with Gasteiger partial charge in [0.1, 0.15) is 0 Å². The molecule has 1 aliphatic heterocycles. The van der Waals surface area contributed by atoms with Gasteiger partial charge in [-0.15, -0.1) is 0 Å². The summed E-state index contributed by atoms with van der Waals surface area (Å²) in [4.78, 5) is 16.8. The van der Waals surface area contributed by atoms with E-state index in [2.05, 4.69) is 21.2 Å². The Morgan fingerprint density at radius 2 is 1.59 bits per heavy atom. The standard InChI is InChI=1S/C21H27N3O3/c1-26-19-9-8-17(14-20(19)27-2)15-23-10-12-24(13-11-23)16-21(25)22-18-6-4-3-5-7-18/h3-9,14H,10-13,15-16H2,1-2H3,(H,22,25). The van der Waals surface area contributed by atoms with Crippen LogP contribution in [0.3, 0.4) is 0 Å². The molecule has 2 aromatic carbocycles. The summed E-state index contributed by atoms with van der Waals surface area (Å²) in [7, 11) is 3.30. The number of ether oxygens (including phenoxy) is 2. The Balaban J connectivity index is 1.45. The number of carbonyl (C=O) groups is 1. The quantitative estimate of drug-likeness (QED) is 0.813. The summed E-state index contributed by atoms with van der Waals surface area (Å²) in [6, 6.07) is 15.6. The second-order valence-corrected chi connectivity index (χ2v) is 6.66. The Hall–Kier alpha value is -2.57. The number of nitrogens with zero attached hydrogens (tertiary/aromatic N) is 2. The molecule has 1 heterocycles. The number of rotatable bonds is 7. The topological polar surface area (TPSA) is 54.0 Å². The lowest BCUT2D eigenvalue weighted by Crippen LogP contribution is -2.48. The molecule has 0 saturated carbocycles. The summed E-state index contributed by atoms with van der Waals surface area (Å²) in [5, 5.41) is 2.94. The molecule has 2 aromatic rings. The molecule has 144 valence electrons. The number of para-hydroxylation sites is 1. The van der Waals surface area contributed by atoms with Gasteiger partial charge in [-0.05, 0) is 29.8 Å². The van der Waals surface area contributed by atoms with Gasteiger partial charge >= 0.3 is 0 Å². The Morgan fingerprint density at radius 1 is 0.926 bits per heavy atom. The van der Waals surface area contributed by atoms with Crippen molar-refractivity contribution in [2.45, 2.75) is 6.54 Å². The minimum absolute atomic E-state index is 0.0366. The minimum atomic E-state index is 0.0366. The van der Waals surface area contributed by atoms with Crippen LogP contribution in [0.25, 0.3) is 0 Å². The first-order valence-corrected chi connectivity index (χ1v) is 9.18. The van der Waals surface area contributed by atoms with E-state index in [1.54, 1.807) is 14.2 Å². The molecule has 0 aromatic heterocycles. The van der Waals surface area contributed by atoms with Gasteiger partial charge in [0.05, 0.1) is 20.8 Å². The first-order valence-electron chi connectivity index (χ1n) is 9.18. The van der Waals surface area contributed by atoms with Crippen molar-refractivity contribution in [1.82, 2.24) is 9.80 Å². The van der Waals surface area contributed by atoms with Crippen LogP contribution < -0.4 is 14.8 Å². The predicted molar refractivity (Wildman–Crippen MR) is 106 cm³/mol. The maximum Gasteiger partial charge on any atom is 0.238 e. The number of carbonyl (C=O) groups excluding carboxylic acids is 1. The third-order valence-corrected chi connectivity index (χ3v) is 4.74. The van der Waals surface area contributed by atoms with Gasteiger partial charge in [-0.1, -0.05) is 24.3 Å². The SMILES string of the molecule is COc1ccc(CN2CCN(CC(=O)Nc3ccccc3)CC2)cc1OC. The number of hydrogen-bond donors (Lipinski definition) is 1. The van der Waals surface area contributed by atoms with E-state index in [0.29, 0.717) is 6.54 Å². The molecule has 0 spiro atoms. The molecule has 1 amide bonds. The van der Waals surface area contributed by atoms with Crippen molar-refractivity contribution >= 4 is 11.6 Å². The zero-order valence-electron chi connectivity index (χ0n) is 16.0. The van der Waals surface area contributed by atoms with Crippen LogP contribution in [0.4, 0.5) is 5.69 Å². The van der Waals surface area contributed by atoms with Gasteiger partial charge in [0.15, 0.2) is 11.5 Å². The Kier molecular flexibility index (Phi) is 6.68. The number of methoxy groups -OCH3 is 2. The monoisotopic (exact) mass is 369 g/mol. The van der Waals surface area contributed by atoms with Gasteiger partial charge in [-0.3, -0.25) is 14.6 Å². The van der Waals surface area contributed by atoms with E-state index in [4.69, 9.17) is 9.47 Å². The van der Waals surface area contributed by atoms with Crippen molar-refractivity contribution in [2.75, 3.05) is 52.3 Å². The van der Waals surface area contributed by atoms with E-state index >= 15 is 0 Å². The maximum atomic E-state index is 12.2. The van der Waals surface area contributed by atoms with E-state index in [1.807, 2.05) is 42.5 Å². The molecular formula is C21H27N3O3. The minimum Gasteiger partial charge on any atom is -0.493 e. The fourth-order valence-corrected chi connectivity index (χ4v) is 3.27. The fourth-order valence-electron chi connectivity index (χ4n) is 3.27. The molecule has 3 rings (SSSR count). The molecule has 0 bridgehead atoms. The van der Waals surface area contributed by atoms with Gasteiger partial charge in [0.2, 0.25) is 5.91 Å². The van der Waals surface area contributed by atoms with Crippen molar-refractivity contribution in [3.63, 3.8) is 0 Å². The summed E-state index contributed by atoms with van der Waals surface area (Å²) in [6.07, 6.45) is 0. The summed E-state index contributed by atoms with van der Waals surface area (Å²) in [6.45, 7) is 4.94. The normalized spacial score (nSPS) is 15.3. The molecule has 0 unspecified atom stereocenters. The van der Waals surface area contributed by atoms with Crippen LogP contribution in [0.1, 0.15) is 5.56 Å². The highest BCUT2D eigenvalue weighted by Gasteiger charge is 2.19. The highest BCUT2D eigenvalue weighted by atomic mass is 16.5. The fraction of sp³-hybridized carbons (Fsp3) is 0.381. The van der Waals surface area contributed by atoms with E-state index in [1.165, 1.54) is 5.56 Å². The van der Waals surface area contributed by atoms with Crippen LogP contribution >= 0.6 is 0 Å². The summed E-state index contributed by atoms with van der Waals surface area (Å²) in [5.41, 5.74) is 2.04. The zero-order chi connectivity index (χ0) is 19.1. The number of anilines is 1. The molecule has 1 fully saturated rings. The highest BCUT2D eigenvalue weighted by Crippen LogP contribution is 2.28. The second kappa shape index (κ2) is 9.39. The van der Waals surface area contributed by atoms with Crippen molar-refractivity contribution in [3.8, 4) is 11.5 Å². The van der Waals surface area contributed by atoms with Crippen LogP contribution in [0, 0.1) is 0 Å². The molecule has 0 atom stereocenters. The molecule has 6 nitrogen and oxygen atoms in total. The number of amides is 1. The third-order valence-electron chi connectivity index (χ3n) is 4.74. The second-order valence-electron chi connectivity index (χ2n) is 6.66. The lowest BCUT2D eigenvalue weighted by molar-refractivity contribution is -0.117. The first kappa shape index (κ1) is 19.2. The average Bonchev–Trinajstić information content (AvgIpc) is 2.70. The van der Waals surface area contributed by atoms with Gasteiger partial charge < -0.3 is 14.8 Å². The van der Waals surface area contributed by atoms with Gasteiger partial charge in [-0.2, -0.15) is 0 Å². The number of piperazine rings is 1. The molecule has 6 heteroatoms. The third kappa shape index (κ3) is 5.45. The molecule has 1 N–H and O–H groups in total. The van der Waals surface area contributed by atoms with E-state index in [-0.39, 0.29) is 5.91 Å². The van der Waals surface area contributed by atoms with Crippen LogP contribution in [-0.4, -0.2) is 62.7 Å². The van der Waals surface area contributed by atoms with Crippen molar-refractivity contribution in [1.29, 1.82) is 0 Å². The first-order chi connectivity index (χ1) is 13.2. The van der Waals surface area contributed by atoms with E-state index < -0.39 is 0 Å². The van der Waals surface area contributed by atoms with Crippen molar-refractivity contribution < 1.29 is 14.3 Å². The highest BCUT2D eigenvalue weighted by molar-refractivity contribution is 5.92.